The van der Waals surface area contributed by atoms with Gasteiger partial charge in [-0.15, -0.1) is 31.7 Å². The molecule has 0 radical (unpaired) electrons. The molecule has 0 unspecified atom stereocenters. The van der Waals surface area contributed by atoms with E-state index in [0.717, 1.165) is 20.9 Å². The first-order valence-corrected chi connectivity index (χ1v) is 12.5. The van der Waals surface area contributed by atoms with E-state index in [1.54, 1.807) is 11.3 Å². The number of amides is 1. The van der Waals surface area contributed by atoms with Gasteiger partial charge in [0.1, 0.15) is 5.01 Å². The van der Waals surface area contributed by atoms with Crippen molar-refractivity contribution in [2.75, 3.05) is 11.1 Å². The summed E-state index contributed by atoms with van der Waals surface area (Å²) < 4.78 is 2.08. The summed E-state index contributed by atoms with van der Waals surface area (Å²) in [5.74, 6) is 1.51. The molecule has 1 saturated carbocycles. The van der Waals surface area contributed by atoms with Crippen LogP contribution in [0.4, 0.5) is 5.13 Å². The van der Waals surface area contributed by atoms with Gasteiger partial charge in [0, 0.05) is 12.0 Å². The molecule has 4 rings (SSSR count). The maximum atomic E-state index is 12.4. The Kier molecular flexibility index (Phi) is 6.61. The average molecular weight is 449 g/mol. The molecule has 1 fully saturated rings. The highest BCUT2D eigenvalue weighted by atomic mass is 32.2. The van der Waals surface area contributed by atoms with Crippen molar-refractivity contribution in [2.24, 2.45) is 0 Å². The van der Waals surface area contributed by atoms with Gasteiger partial charge in [-0.3, -0.25) is 14.7 Å². The standard InChI is InChI=1S/C19H24N6OS3/c1-12(2)25-16(14-9-6-10-27-14)21-24-19(25)28-11-15(26)20-18-23-22-17(29-18)13-7-4-3-5-8-13/h6,9-10,12-13H,3-5,7-8,11H2,1-2H3,(H,20,23,26). The molecule has 1 aliphatic rings. The number of aromatic nitrogens is 5. The fraction of sp³-hybridized carbons (Fsp3) is 0.526. The number of carbonyl (C=O) groups excluding carboxylic acids is 1. The van der Waals surface area contributed by atoms with E-state index < -0.39 is 0 Å². The van der Waals surface area contributed by atoms with Crippen LogP contribution < -0.4 is 5.32 Å². The van der Waals surface area contributed by atoms with E-state index in [1.165, 1.54) is 55.2 Å². The normalized spacial score (nSPS) is 15.1. The summed E-state index contributed by atoms with van der Waals surface area (Å²) in [6.45, 7) is 4.19. The summed E-state index contributed by atoms with van der Waals surface area (Å²) >= 11 is 4.53. The molecule has 0 atom stereocenters. The van der Waals surface area contributed by atoms with E-state index >= 15 is 0 Å². The number of hydrogen-bond donors (Lipinski definition) is 1. The minimum atomic E-state index is -0.0997. The molecular weight excluding hydrogens is 424 g/mol. The zero-order chi connectivity index (χ0) is 20.2. The number of thiophene rings is 1. The largest absolute Gasteiger partial charge is 0.300 e. The van der Waals surface area contributed by atoms with Crippen LogP contribution in [0.1, 0.15) is 62.9 Å². The average Bonchev–Trinajstić information content (AvgIpc) is 3.47. The summed E-state index contributed by atoms with van der Waals surface area (Å²) in [5.41, 5.74) is 0. The van der Waals surface area contributed by atoms with E-state index in [4.69, 9.17) is 0 Å². The number of hydrogen-bond acceptors (Lipinski definition) is 8. The highest BCUT2D eigenvalue weighted by Gasteiger charge is 2.21. The minimum absolute atomic E-state index is 0.0997. The van der Waals surface area contributed by atoms with E-state index in [-0.39, 0.29) is 17.7 Å². The van der Waals surface area contributed by atoms with E-state index in [0.29, 0.717) is 11.0 Å². The molecule has 0 saturated heterocycles. The molecule has 3 aromatic rings. The minimum Gasteiger partial charge on any atom is -0.300 e. The van der Waals surface area contributed by atoms with Crippen LogP contribution in [0.25, 0.3) is 10.7 Å². The van der Waals surface area contributed by atoms with Gasteiger partial charge < -0.3 is 0 Å². The maximum absolute atomic E-state index is 12.4. The first-order valence-electron chi connectivity index (χ1n) is 9.86. The van der Waals surface area contributed by atoms with Crippen LogP contribution in [0.5, 0.6) is 0 Å². The van der Waals surface area contributed by atoms with Gasteiger partial charge in [-0.2, -0.15) is 0 Å². The Labute approximate surface area is 182 Å². The van der Waals surface area contributed by atoms with Crippen molar-refractivity contribution in [1.29, 1.82) is 0 Å². The third-order valence-electron chi connectivity index (χ3n) is 4.90. The quantitative estimate of drug-likeness (QED) is 0.499. The number of rotatable bonds is 7. The smallest absolute Gasteiger partial charge is 0.236 e. The third kappa shape index (κ3) is 4.87. The summed E-state index contributed by atoms with van der Waals surface area (Å²) in [6, 6.07) is 4.24. The Bertz CT molecular complexity index is 943. The van der Waals surface area contributed by atoms with E-state index in [1.807, 2.05) is 17.5 Å². The lowest BCUT2D eigenvalue weighted by atomic mass is 9.90. The number of nitrogens with one attached hydrogen (secondary N) is 1. The van der Waals surface area contributed by atoms with Crippen LogP contribution in [-0.4, -0.2) is 36.6 Å². The second-order valence-corrected chi connectivity index (χ2v) is 10.3. The summed E-state index contributed by atoms with van der Waals surface area (Å²) in [6.07, 6.45) is 6.18. The van der Waals surface area contributed by atoms with Gasteiger partial charge in [0.05, 0.1) is 10.6 Å². The van der Waals surface area contributed by atoms with Crippen LogP contribution in [0.3, 0.4) is 0 Å². The lowest BCUT2D eigenvalue weighted by Gasteiger charge is -2.18. The van der Waals surface area contributed by atoms with Crippen molar-refractivity contribution in [2.45, 2.75) is 63.1 Å². The Morgan fingerprint density at radius 1 is 1.24 bits per heavy atom. The third-order valence-corrected chi connectivity index (χ3v) is 7.71. The van der Waals surface area contributed by atoms with Crippen molar-refractivity contribution >= 4 is 45.5 Å². The Morgan fingerprint density at radius 2 is 2.07 bits per heavy atom. The summed E-state index contributed by atoms with van der Waals surface area (Å²) in [5, 5.41) is 24.4. The molecule has 0 bridgehead atoms. The first kappa shape index (κ1) is 20.5. The van der Waals surface area contributed by atoms with Crippen molar-refractivity contribution in [1.82, 2.24) is 25.0 Å². The predicted molar refractivity (Wildman–Crippen MR) is 119 cm³/mol. The molecule has 3 aromatic heterocycles. The molecule has 7 nitrogen and oxygen atoms in total. The fourth-order valence-corrected chi connectivity index (χ4v) is 6.00. The van der Waals surface area contributed by atoms with Crippen LogP contribution in [0.2, 0.25) is 0 Å². The van der Waals surface area contributed by atoms with Crippen molar-refractivity contribution < 1.29 is 4.79 Å². The number of carbonyl (C=O) groups is 1. The number of anilines is 1. The highest BCUT2D eigenvalue weighted by molar-refractivity contribution is 7.99. The summed E-state index contributed by atoms with van der Waals surface area (Å²) in [7, 11) is 0. The molecule has 3 heterocycles. The molecule has 0 aromatic carbocycles. The SMILES string of the molecule is CC(C)n1c(SCC(=O)Nc2nnc(C3CCCCC3)s2)nnc1-c1cccs1. The van der Waals surface area contributed by atoms with Gasteiger partial charge in [-0.1, -0.05) is 48.4 Å². The molecule has 0 aliphatic heterocycles. The van der Waals surface area contributed by atoms with Crippen molar-refractivity contribution in [3.05, 3.63) is 22.5 Å². The Balaban J connectivity index is 1.37. The van der Waals surface area contributed by atoms with Gasteiger partial charge in [-0.25, -0.2) is 0 Å². The van der Waals surface area contributed by atoms with Gasteiger partial charge in [0.2, 0.25) is 11.0 Å². The maximum Gasteiger partial charge on any atom is 0.236 e. The lowest BCUT2D eigenvalue weighted by Crippen LogP contribution is -2.15. The second-order valence-electron chi connectivity index (χ2n) is 7.36. The molecule has 1 aliphatic carbocycles. The van der Waals surface area contributed by atoms with Crippen LogP contribution in [0.15, 0.2) is 22.7 Å². The van der Waals surface area contributed by atoms with E-state index in [2.05, 4.69) is 44.1 Å². The van der Waals surface area contributed by atoms with E-state index in [9.17, 15) is 4.79 Å². The van der Waals surface area contributed by atoms with Crippen molar-refractivity contribution in [3.63, 3.8) is 0 Å². The fourth-order valence-electron chi connectivity index (χ4n) is 3.50. The first-order chi connectivity index (χ1) is 14.1. The van der Waals surface area contributed by atoms with Crippen LogP contribution >= 0.6 is 34.4 Å². The molecular formula is C19H24N6OS3. The zero-order valence-electron chi connectivity index (χ0n) is 16.5. The number of nitrogens with zero attached hydrogens (tertiary/aromatic N) is 5. The molecule has 10 heteroatoms. The van der Waals surface area contributed by atoms with Gasteiger partial charge >= 0.3 is 0 Å². The van der Waals surface area contributed by atoms with Crippen LogP contribution in [0, 0.1) is 0 Å². The molecule has 154 valence electrons. The zero-order valence-corrected chi connectivity index (χ0v) is 18.9. The van der Waals surface area contributed by atoms with Gasteiger partial charge in [0.15, 0.2) is 11.0 Å². The Morgan fingerprint density at radius 3 is 2.79 bits per heavy atom. The Hall–Kier alpha value is -1.78. The highest BCUT2D eigenvalue weighted by Crippen LogP contribution is 2.35. The van der Waals surface area contributed by atoms with Crippen LogP contribution in [-0.2, 0) is 4.79 Å². The monoisotopic (exact) mass is 448 g/mol. The topological polar surface area (TPSA) is 85.6 Å². The molecule has 1 N–H and O–H groups in total. The predicted octanol–water partition coefficient (Wildman–Crippen LogP) is 5.22. The van der Waals surface area contributed by atoms with Crippen molar-refractivity contribution in [3.8, 4) is 10.7 Å². The summed E-state index contributed by atoms with van der Waals surface area (Å²) in [4.78, 5) is 13.5. The molecule has 1 amide bonds. The second kappa shape index (κ2) is 9.36. The van der Waals surface area contributed by atoms with Gasteiger partial charge in [-0.05, 0) is 38.1 Å². The number of thioether (sulfide) groups is 1. The molecule has 0 spiro atoms. The van der Waals surface area contributed by atoms with Gasteiger partial charge in [0.25, 0.3) is 0 Å². The lowest BCUT2D eigenvalue weighted by molar-refractivity contribution is -0.113. The molecule has 29 heavy (non-hydrogen) atoms.